The SMILES string of the molecule is CC(O)COC1CCC(=NO)CC1. The Kier molecular flexibility index (Phi) is 4.18. The van der Waals surface area contributed by atoms with E-state index in [-0.39, 0.29) is 6.10 Å². The molecule has 0 aliphatic heterocycles. The highest BCUT2D eigenvalue weighted by molar-refractivity contribution is 5.84. The molecular weight excluding hydrogens is 170 g/mol. The summed E-state index contributed by atoms with van der Waals surface area (Å²) in [5.74, 6) is 0. The van der Waals surface area contributed by atoms with Gasteiger partial charge < -0.3 is 15.1 Å². The van der Waals surface area contributed by atoms with E-state index in [1.165, 1.54) is 0 Å². The Labute approximate surface area is 78.2 Å². The van der Waals surface area contributed by atoms with Crippen molar-refractivity contribution >= 4 is 5.71 Å². The van der Waals surface area contributed by atoms with Gasteiger partial charge in [0.2, 0.25) is 0 Å². The van der Waals surface area contributed by atoms with Gasteiger partial charge in [-0.3, -0.25) is 0 Å². The molecule has 1 rings (SSSR count). The Morgan fingerprint density at radius 2 is 2.15 bits per heavy atom. The lowest BCUT2D eigenvalue weighted by molar-refractivity contribution is -0.0108. The summed E-state index contributed by atoms with van der Waals surface area (Å²) in [6.45, 7) is 2.11. The fourth-order valence-corrected chi connectivity index (χ4v) is 1.47. The highest BCUT2D eigenvalue weighted by Gasteiger charge is 2.18. The second kappa shape index (κ2) is 5.19. The molecule has 4 heteroatoms. The van der Waals surface area contributed by atoms with Gasteiger partial charge in [-0.25, -0.2) is 0 Å². The van der Waals surface area contributed by atoms with E-state index < -0.39 is 6.10 Å². The average molecular weight is 187 g/mol. The maximum Gasteiger partial charge on any atom is 0.0745 e. The van der Waals surface area contributed by atoms with Gasteiger partial charge >= 0.3 is 0 Å². The lowest BCUT2D eigenvalue weighted by atomic mass is 9.96. The maximum atomic E-state index is 8.99. The molecule has 4 nitrogen and oxygen atoms in total. The van der Waals surface area contributed by atoms with E-state index in [9.17, 15) is 0 Å². The molecule has 1 atom stereocenters. The van der Waals surface area contributed by atoms with Crippen molar-refractivity contribution in [3.8, 4) is 0 Å². The Morgan fingerprint density at radius 3 is 2.62 bits per heavy atom. The zero-order valence-corrected chi connectivity index (χ0v) is 7.94. The molecule has 76 valence electrons. The number of oxime groups is 1. The van der Waals surface area contributed by atoms with Crippen LogP contribution in [0.2, 0.25) is 0 Å². The van der Waals surface area contributed by atoms with Gasteiger partial charge in [0.25, 0.3) is 0 Å². The first kappa shape index (κ1) is 10.5. The van der Waals surface area contributed by atoms with Gasteiger partial charge in [-0.2, -0.15) is 0 Å². The van der Waals surface area contributed by atoms with Gasteiger partial charge in [-0.05, 0) is 32.6 Å². The molecule has 13 heavy (non-hydrogen) atoms. The first-order valence-corrected chi connectivity index (χ1v) is 4.72. The van der Waals surface area contributed by atoms with Crippen molar-refractivity contribution in [3.63, 3.8) is 0 Å². The third kappa shape index (κ3) is 3.74. The van der Waals surface area contributed by atoms with Crippen molar-refractivity contribution in [3.05, 3.63) is 0 Å². The molecule has 0 heterocycles. The molecule has 0 bridgehead atoms. The third-order valence-electron chi connectivity index (χ3n) is 2.22. The summed E-state index contributed by atoms with van der Waals surface area (Å²) in [7, 11) is 0. The summed E-state index contributed by atoms with van der Waals surface area (Å²) >= 11 is 0. The molecular formula is C9H17NO3. The van der Waals surface area contributed by atoms with Crippen molar-refractivity contribution in [2.45, 2.75) is 44.8 Å². The van der Waals surface area contributed by atoms with Crippen LogP contribution in [0.15, 0.2) is 5.16 Å². The molecule has 1 aliphatic carbocycles. The number of hydrogen-bond acceptors (Lipinski definition) is 4. The summed E-state index contributed by atoms with van der Waals surface area (Å²) in [5, 5.41) is 20.7. The van der Waals surface area contributed by atoms with Crippen LogP contribution in [0.5, 0.6) is 0 Å². The maximum absolute atomic E-state index is 8.99. The predicted molar refractivity (Wildman–Crippen MR) is 49.1 cm³/mol. The van der Waals surface area contributed by atoms with Crippen LogP contribution in [0.3, 0.4) is 0 Å². The molecule has 1 aliphatic rings. The topological polar surface area (TPSA) is 62.0 Å². The van der Waals surface area contributed by atoms with Crippen LogP contribution in [-0.4, -0.2) is 34.8 Å². The molecule has 0 aromatic rings. The minimum Gasteiger partial charge on any atom is -0.411 e. The average Bonchev–Trinajstić information content (AvgIpc) is 2.15. The number of rotatable bonds is 3. The molecule has 0 radical (unpaired) electrons. The summed E-state index contributed by atoms with van der Waals surface area (Å²) in [6.07, 6.45) is 3.23. The standard InChI is InChI=1S/C9H17NO3/c1-7(11)6-13-9-4-2-8(10-12)3-5-9/h7,9,11-12H,2-6H2,1H3. The van der Waals surface area contributed by atoms with Crippen LogP contribution in [0.1, 0.15) is 32.6 Å². The van der Waals surface area contributed by atoms with Crippen LogP contribution in [-0.2, 0) is 4.74 Å². The van der Waals surface area contributed by atoms with Crippen molar-refractivity contribution < 1.29 is 15.1 Å². The highest BCUT2D eigenvalue weighted by atomic mass is 16.5. The molecule has 1 fully saturated rings. The van der Waals surface area contributed by atoms with Crippen molar-refractivity contribution in [1.82, 2.24) is 0 Å². The molecule has 0 aromatic carbocycles. The van der Waals surface area contributed by atoms with E-state index in [1.54, 1.807) is 6.92 Å². The van der Waals surface area contributed by atoms with Crippen LogP contribution < -0.4 is 0 Å². The third-order valence-corrected chi connectivity index (χ3v) is 2.22. The van der Waals surface area contributed by atoms with E-state index in [1.807, 2.05) is 0 Å². The second-order valence-corrected chi connectivity index (χ2v) is 3.55. The monoisotopic (exact) mass is 187 g/mol. The molecule has 0 aromatic heterocycles. The zero-order chi connectivity index (χ0) is 9.68. The summed E-state index contributed by atoms with van der Waals surface area (Å²) in [5.41, 5.74) is 0.858. The van der Waals surface area contributed by atoms with Gasteiger partial charge in [-0.1, -0.05) is 5.16 Å². The summed E-state index contributed by atoms with van der Waals surface area (Å²) < 4.78 is 5.45. The zero-order valence-electron chi connectivity index (χ0n) is 7.94. The van der Waals surface area contributed by atoms with E-state index >= 15 is 0 Å². The highest BCUT2D eigenvalue weighted by Crippen LogP contribution is 2.18. The number of ether oxygens (including phenoxy) is 1. The van der Waals surface area contributed by atoms with Crippen molar-refractivity contribution in [2.24, 2.45) is 5.16 Å². The Hall–Kier alpha value is -0.610. The van der Waals surface area contributed by atoms with Crippen molar-refractivity contribution in [2.75, 3.05) is 6.61 Å². The quantitative estimate of drug-likeness (QED) is 0.514. The van der Waals surface area contributed by atoms with E-state index in [0.29, 0.717) is 6.61 Å². The van der Waals surface area contributed by atoms with Crippen LogP contribution >= 0.6 is 0 Å². The smallest absolute Gasteiger partial charge is 0.0745 e. The Bertz CT molecular complexity index is 170. The fraction of sp³-hybridized carbons (Fsp3) is 0.889. The molecule has 0 saturated heterocycles. The molecule has 1 saturated carbocycles. The first-order chi connectivity index (χ1) is 6.22. The van der Waals surface area contributed by atoms with E-state index in [2.05, 4.69) is 5.16 Å². The number of aliphatic hydroxyl groups excluding tert-OH is 1. The number of aliphatic hydroxyl groups is 1. The Morgan fingerprint density at radius 1 is 1.54 bits per heavy atom. The predicted octanol–water partition coefficient (Wildman–Crippen LogP) is 1.16. The van der Waals surface area contributed by atoms with Crippen LogP contribution in [0, 0.1) is 0 Å². The Balaban J connectivity index is 2.18. The second-order valence-electron chi connectivity index (χ2n) is 3.55. The molecule has 1 unspecified atom stereocenters. The van der Waals surface area contributed by atoms with Gasteiger partial charge in [-0.15, -0.1) is 0 Å². The summed E-state index contributed by atoms with van der Waals surface area (Å²) in [4.78, 5) is 0. The van der Waals surface area contributed by atoms with Gasteiger partial charge in [0.15, 0.2) is 0 Å². The molecule has 0 amide bonds. The lowest BCUT2D eigenvalue weighted by Gasteiger charge is -2.23. The normalized spacial score (nSPS) is 25.7. The van der Waals surface area contributed by atoms with Gasteiger partial charge in [0.05, 0.1) is 24.5 Å². The lowest BCUT2D eigenvalue weighted by Crippen LogP contribution is -2.25. The van der Waals surface area contributed by atoms with E-state index in [4.69, 9.17) is 15.1 Å². The van der Waals surface area contributed by atoms with Gasteiger partial charge in [0.1, 0.15) is 0 Å². The summed E-state index contributed by atoms with van der Waals surface area (Å²) in [6, 6.07) is 0. The minimum absolute atomic E-state index is 0.222. The minimum atomic E-state index is -0.395. The van der Waals surface area contributed by atoms with Crippen LogP contribution in [0.25, 0.3) is 0 Å². The largest absolute Gasteiger partial charge is 0.411 e. The number of nitrogens with zero attached hydrogens (tertiary/aromatic N) is 1. The molecule has 2 N–H and O–H groups in total. The van der Waals surface area contributed by atoms with Gasteiger partial charge in [0, 0.05) is 0 Å². The molecule has 0 spiro atoms. The number of hydrogen-bond donors (Lipinski definition) is 2. The van der Waals surface area contributed by atoms with Crippen LogP contribution in [0.4, 0.5) is 0 Å². The van der Waals surface area contributed by atoms with Crippen molar-refractivity contribution in [1.29, 1.82) is 0 Å². The van der Waals surface area contributed by atoms with E-state index in [0.717, 1.165) is 31.4 Å². The fourth-order valence-electron chi connectivity index (χ4n) is 1.47. The first-order valence-electron chi connectivity index (χ1n) is 4.72.